The number of allylic oxidation sites excluding steroid dienone is 1. The summed E-state index contributed by atoms with van der Waals surface area (Å²) in [6, 6.07) is 18.7. The Kier molecular flexibility index (Phi) is 7.35. The van der Waals surface area contributed by atoms with E-state index in [0.717, 1.165) is 16.7 Å². The van der Waals surface area contributed by atoms with Crippen LogP contribution in [-0.4, -0.2) is 38.9 Å². The van der Waals surface area contributed by atoms with E-state index in [-0.39, 0.29) is 6.61 Å². The standard InChI is InChI=1S/C29H29N5O4/c1-4-36-24-16-21(13-14-23(24)38-18-20-10-7-6-8-11-20)26-25(28(35)37-5-2)19(3)31-29-32-27(33-34(26)29)22-12-9-15-30-17-22/h6-17,26H,4-5,18H2,1-3H3,(H,31,32,33). The van der Waals surface area contributed by atoms with Crippen molar-refractivity contribution in [1.29, 1.82) is 0 Å². The van der Waals surface area contributed by atoms with E-state index < -0.39 is 12.0 Å². The first kappa shape index (κ1) is 25.0. The molecule has 1 N–H and O–H groups in total. The Morgan fingerprint density at radius 1 is 1.00 bits per heavy atom. The van der Waals surface area contributed by atoms with Crippen molar-refractivity contribution in [2.24, 2.45) is 0 Å². The molecule has 2 aromatic carbocycles. The van der Waals surface area contributed by atoms with Gasteiger partial charge in [0.2, 0.25) is 5.95 Å². The molecule has 0 saturated carbocycles. The average molecular weight is 512 g/mol. The quantitative estimate of drug-likeness (QED) is 0.307. The van der Waals surface area contributed by atoms with E-state index in [4.69, 9.17) is 19.3 Å². The van der Waals surface area contributed by atoms with E-state index in [9.17, 15) is 4.79 Å². The molecule has 1 aliphatic heterocycles. The molecule has 1 aliphatic rings. The maximum Gasteiger partial charge on any atom is 0.338 e. The number of esters is 1. The molecule has 38 heavy (non-hydrogen) atoms. The molecular formula is C29H29N5O4. The summed E-state index contributed by atoms with van der Waals surface area (Å²) < 4.78 is 19.2. The van der Waals surface area contributed by atoms with Crippen LogP contribution in [0, 0.1) is 0 Å². The molecule has 4 aromatic rings. The van der Waals surface area contributed by atoms with Gasteiger partial charge in [-0.15, -0.1) is 5.10 Å². The molecular weight excluding hydrogens is 482 g/mol. The lowest BCUT2D eigenvalue weighted by Gasteiger charge is -2.28. The number of anilines is 1. The van der Waals surface area contributed by atoms with E-state index in [1.165, 1.54) is 0 Å². The molecule has 1 atom stereocenters. The Bertz CT molecular complexity index is 1450. The molecule has 9 nitrogen and oxygen atoms in total. The maximum atomic E-state index is 13.2. The van der Waals surface area contributed by atoms with Gasteiger partial charge in [-0.3, -0.25) is 4.98 Å². The third-order valence-corrected chi connectivity index (χ3v) is 6.09. The van der Waals surface area contributed by atoms with Crippen LogP contribution in [-0.2, 0) is 16.1 Å². The number of benzene rings is 2. The number of hydrogen-bond acceptors (Lipinski definition) is 8. The molecule has 0 amide bonds. The van der Waals surface area contributed by atoms with Gasteiger partial charge in [-0.1, -0.05) is 36.4 Å². The van der Waals surface area contributed by atoms with Crippen LogP contribution < -0.4 is 14.8 Å². The molecule has 2 aromatic heterocycles. The third kappa shape index (κ3) is 5.08. The van der Waals surface area contributed by atoms with Crippen LogP contribution in [0.5, 0.6) is 11.5 Å². The van der Waals surface area contributed by atoms with Crippen molar-refractivity contribution in [2.75, 3.05) is 18.5 Å². The summed E-state index contributed by atoms with van der Waals surface area (Å²) in [5, 5.41) is 7.99. The summed E-state index contributed by atoms with van der Waals surface area (Å²) in [4.78, 5) is 22.0. The second kappa shape index (κ2) is 11.2. The van der Waals surface area contributed by atoms with Crippen molar-refractivity contribution >= 4 is 11.9 Å². The fourth-order valence-corrected chi connectivity index (χ4v) is 4.37. The minimum atomic E-state index is -0.592. The second-order valence-electron chi connectivity index (χ2n) is 8.65. The predicted molar refractivity (Wildman–Crippen MR) is 143 cm³/mol. The van der Waals surface area contributed by atoms with Crippen molar-refractivity contribution < 1.29 is 19.0 Å². The highest BCUT2D eigenvalue weighted by molar-refractivity contribution is 5.92. The summed E-state index contributed by atoms with van der Waals surface area (Å²) in [5.41, 5.74) is 3.70. The Morgan fingerprint density at radius 3 is 2.58 bits per heavy atom. The number of rotatable bonds is 9. The molecule has 0 radical (unpaired) electrons. The van der Waals surface area contributed by atoms with E-state index in [2.05, 4.69) is 15.3 Å². The average Bonchev–Trinajstić information content (AvgIpc) is 3.36. The number of nitrogens with zero attached hydrogens (tertiary/aromatic N) is 4. The maximum absolute atomic E-state index is 13.2. The zero-order chi connectivity index (χ0) is 26.5. The number of hydrogen-bond donors (Lipinski definition) is 1. The first-order valence-corrected chi connectivity index (χ1v) is 12.5. The van der Waals surface area contributed by atoms with Crippen molar-refractivity contribution in [2.45, 2.75) is 33.4 Å². The highest BCUT2D eigenvalue weighted by atomic mass is 16.5. The zero-order valence-corrected chi connectivity index (χ0v) is 21.5. The second-order valence-corrected chi connectivity index (χ2v) is 8.65. The largest absolute Gasteiger partial charge is 0.490 e. The van der Waals surface area contributed by atoms with Gasteiger partial charge in [0.15, 0.2) is 17.3 Å². The summed E-state index contributed by atoms with van der Waals surface area (Å²) in [6.45, 7) is 6.65. The van der Waals surface area contributed by atoms with E-state index in [1.54, 1.807) is 24.0 Å². The van der Waals surface area contributed by atoms with Gasteiger partial charge in [-0.2, -0.15) is 4.98 Å². The van der Waals surface area contributed by atoms with E-state index in [1.807, 2.05) is 74.5 Å². The van der Waals surface area contributed by atoms with Gasteiger partial charge in [0.25, 0.3) is 0 Å². The molecule has 3 heterocycles. The summed E-state index contributed by atoms with van der Waals surface area (Å²) in [6.07, 6.45) is 3.40. The number of carbonyl (C=O) groups is 1. The smallest absolute Gasteiger partial charge is 0.338 e. The minimum Gasteiger partial charge on any atom is -0.490 e. The van der Waals surface area contributed by atoms with Crippen LogP contribution in [0.1, 0.15) is 37.9 Å². The van der Waals surface area contributed by atoms with Gasteiger partial charge < -0.3 is 19.5 Å². The molecule has 5 rings (SSSR count). The number of carbonyl (C=O) groups excluding carboxylic acids is 1. The van der Waals surface area contributed by atoms with Crippen molar-refractivity contribution in [3.8, 4) is 22.9 Å². The summed E-state index contributed by atoms with van der Waals surface area (Å²) in [7, 11) is 0. The van der Waals surface area contributed by atoms with Crippen LogP contribution in [0.25, 0.3) is 11.4 Å². The van der Waals surface area contributed by atoms with Crippen LogP contribution in [0.4, 0.5) is 5.95 Å². The molecule has 0 saturated heterocycles. The lowest BCUT2D eigenvalue weighted by molar-refractivity contribution is -0.139. The van der Waals surface area contributed by atoms with Crippen LogP contribution >= 0.6 is 0 Å². The Hall–Kier alpha value is -4.66. The van der Waals surface area contributed by atoms with Crippen molar-refractivity contribution in [1.82, 2.24) is 19.7 Å². The molecule has 9 heteroatoms. The van der Waals surface area contributed by atoms with Crippen LogP contribution in [0.15, 0.2) is 84.3 Å². The summed E-state index contributed by atoms with van der Waals surface area (Å²) >= 11 is 0. The molecule has 0 bridgehead atoms. The summed E-state index contributed by atoms with van der Waals surface area (Å²) in [5.74, 6) is 1.78. The third-order valence-electron chi connectivity index (χ3n) is 6.09. The van der Waals surface area contributed by atoms with E-state index in [0.29, 0.717) is 47.8 Å². The zero-order valence-electron chi connectivity index (χ0n) is 21.5. The fraction of sp³-hybridized carbons (Fsp3) is 0.241. The van der Waals surface area contributed by atoms with Gasteiger partial charge in [0.1, 0.15) is 12.6 Å². The van der Waals surface area contributed by atoms with Crippen molar-refractivity contribution in [3.05, 3.63) is 95.5 Å². The topological polar surface area (TPSA) is 100 Å². The Balaban J connectivity index is 1.56. The Labute approximate surface area is 221 Å². The first-order valence-electron chi connectivity index (χ1n) is 12.5. The van der Waals surface area contributed by atoms with Crippen molar-refractivity contribution in [3.63, 3.8) is 0 Å². The molecule has 0 aliphatic carbocycles. The van der Waals surface area contributed by atoms with Gasteiger partial charge in [-0.05, 0) is 56.2 Å². The van der Waals surface area contributed by atoms with Gasteiger partial charge in [0.05, 0.1) is 18.8 Å². The fourth-order valence-electron chi connectivity index (χ4n) is 4.37. The van der Waals surface area contributed by atoms with Crippen LogP contribution in [0.3, 0.4) is 0 Å². The predicted octanol–water partition coefficient (Wildman–Crippen LogP) is 5.17. The number of nitrogens with one attached hydrogen (secondary N) is 1. The highest BCUT2D eigenvalue weighted by Crippen LogP contribution is 2.40. The lowest BCUT2D eigenvalue weighted by Crippen LogP contribution is -2.29. The molecule has 1 unspecified atom stereocenters. The number of pyridine rings is 1. The Morgan fingerprint density at radius 2 is 1.84 bits per heavy atom. The normalized spacial score (nSPS) is 14.4. The number of aromatic nitrogens is 4. The highest BCUT2D eigenvalue weighted by Gasteiger charge is 2.35. The van der Waals surface area contributed by atoms with Gasteiger partial charge in [0, 0.05) is 23.7 Å². The van der Waals surface area contributed by atoms with Gasteiger partial charge in [-0.25, -0.2) is 9.48 Å². The van der Waals surface area contributed by atoms with Crippen LogP contribution in [0.2, 0.25) is 0 Å². The number of fused-ring (bicyclic) bond motifs is 1. The monoisotopic (exact) mass is 511 g/mol. The minimum absolute atomic E-state index is 0.254. The molecule has 0 spiro atoms. The lowest BCUT2D eigenvalue weighted by atomic mass is 9.95. The van der Waals surface area contributed by atoms with E-state index >= 15 is 0 Å². The molecule has 194 valence electrons. The SMILES string of the molecule is CCOC(=O)C1=C(C)Nc2nc(-c3cccnc3)nn2C1c1ccc(OCc2ccccc2)c(OCC)c1. The number of ether oxygens (including phenoxy) is 3. The van der Waals surface area contributed by atoms with Gasteiger partial charge >= 0.3 is 5.97 Å². The molecule has 0 fully saturated rings. The first-order chi connectivity index (χ1) is 18.6.